The molecule has 1 atom stereocenters. The van der Waals surface area contributed by atoms with Crippen LogP contribution >= 0.6 is 0 Å². The lowest BCUT2D eigenvalue weighted by Gasteiger charge is -2.47. The highest BCUT2D eigenvalue weighted by Gasteiger charge is 2.59. The van der Waals surface area contributed by atoms with Crippen LogP contribution in [0.1, 0.15) is 23.2 Å². The Labute approximate surface area is 149 Å². The van der Waals surface area contributed by atoms with Crippen molar-refractivity contribution in [2.24, 2.45) is 0 Å². The molecule has 3 amide bonds. The number of nitrogens with one attached hydrogen (secondary N) is 1. The van der Waals surface area contributed by atoms with Crippen molar-refractivity contribution >= 4 is 29.1 Å². The molecule has 0 spiro atoms. The van der Waals surface area contributed by atoms with Crippen molar-refractivity contribution in [2.75, 3.05) is 17.3 Å². The molecule has 0 saturated carbocycles. The first-order chi connectivity index (χ1) is 12.4. The maximum atomic E-state index is 13.4. The normalized spacial score (nSPS) is 21.5. The predicted molar refractivity (Wildman–Crippen MR) is 93.0 cm³/mol. The van der Waals surface area contributed by atoms with Gasteiger partial charge in [-0.2, -0.15) is 0 Å². The van der Waals surface area contributed by atoms with Crippen LogP contribution in [-0.2, 0) is 9.59 Å². The molecule has 2 aromatic rings. The molecule has 0 bridgehead atoms. The topological polar surface area (TPSA) is 69.7 Å². The smallest absolute Gasteiger partial charge is 0.271 e. The highest BCUT2D eigenvalue weighted by atomic mass is 19.1. The van der Waals surface area contributed by atoms with Crippen molar-refractivity contribution in [1.29, 1.82) is 0 Å². The molecule has 2 aliphatic heterocycles. The fourth-order valence-corrected chi connectivity index (χ4v) is 3.73. The first-order valence-corrected chi connectivity index (χ1v) is 8.22. The summed E-state index contributed by atoms with van der Waals surface area (Å²) in [6, 6.07) is 12.2. The number of likely N-dealkylation sites (N-methyl/N-ethyl adjacent to an activating group) is 1. The van der Waals surface area contributed by atoms with Crippen molar-refractivity contribution in [1.82, 2.24) is 4.90 Å². The number of para-hydroxylation sites is 1. The maximum absolute atomic E-state index is 13.4. The average molecular weight is 353 g/mol. The van der Waals surface area contributed by atoms with Gasteiger partial charge in [-0.05, 0) is 30.3 Å². The van der Waals surface area contributed by atoms with E-state index in [2.05, 4.69) is 5.32 Å². The van der Waals surface area contributed by atoms with Gasteiger partial charge in [-0.15, -0.1) is 0 Å². The van der Waals surface area contributed by atoms with Gasteiger partial charge in [-0.25, -0.2) is 4.39 Å². The van der Waals surface area contributed by atoms with E-state index in [1.54, 1.807) is 30.3 Å². The molecule has 1 saturated heterocycles. The standard InChI is InChI=1S/C19H16FN3O3/c1-22-17(25)14-7-2-3-8-15(14)23-16(24)9-10-19(22,23)18(26)21-13-6-4-5-12(20)11-13/h2-8,11H,9-10H2,1H3,(H,21,26)/t19-/m1/s1. The van der Waals surface area contributed by atoms with Gasteiger partial charge in [-0.1, -0.05) is 18.2 Å². The fraction of sp³-hybridized carbons (Fsp3) is 0.211. The fourth-order valence-electron chi connectivity index (χ4n) is 3.73. The summed E-state index contributed by atoms with van der Waals surface area (Å²) in [6.07, 6.45) is 0.312. The van der Waals surface area contributed by atoms with Crippen molar-refractivity contribution in [3.63, 3.8) is 0 Å². The number of rotatable bonds is 2. The van der Waals surface area contributed by atoms with E-state index in [4.69, 9.17) is 0 Å². The Morgan fingerprint density at radius 3 is 2.69 bits per heavy atom. The van der Waals surface area contributed by atoms with Gasteiger partial charge in [0.1, 0.15) is 5.82 Å². The minimum Gasteiger partial charge on any atom is -0.322 e. The van der Waals surface area contributed by atoms with E-state index in [1.807, 2.05) is 0 Å². The minimum atomic E-state index is -1.46. The lowest BCUT2D eigenvalue weighted by Crippen LogP contribution is -2.68. The van der Waals surface area contributed by atoms with Crippen LogP contribution < -0.4 is 10.2 Å². The van der Waals surface area contributed by atoms with Gasteiger partial charge in [0.15, 0.2) is 0 Å². The SMILES string of the molecule is CN1C(=O)c2ccccc2N2C(=O)CC[C@@]12C(=O)Nc1cccc(F)c1. The van der Waals surface area contributed by atoms with Gasteiger partial charge >= 0.3 is 0 Å². The Balaban J connectivity index is 1.81. The van der Waals surface area contributed by atoms with E-state index < -0.39 is 17.4 Å². The maximum Gasteiger partial charge on any atom is 0.271 e. The van der Waals surface area contributed by atoms with Gasteiger partial charge in [-0.3, -0.25) is 19.3 Å². The van der Waals surface area contributed by atoms with Crippen LogP contribution in [0.5, 0.6) is 0 Å². The molecule has 0 aliphatic carbocycles. The van der Waals surface area contributed by atoms with Crippen LogP contribution in [-0.4, -0.2) is 35.3 Å². The molecule has 1 fully saturated rings. The summed E-state index contributed by atoms with van der Waals surface area (Å²) in [5, 5.41) is 2.65. The van der Waals surface area contributed by atoms with Crippen molar-refractivity contribution in [3.05, 3.63) is 59.9 Å². The number of halogens is 1. The van der Waals surface area contributed by atoms with Gasteiger partial charge in [0, 0.05) is 25.6 Å². The van der Waals surface area contributed by atoms with Gasteiger partial charge in [0.2, 0.25) is 11.6 Å². The van der Waals surface area contributed by atoms with Crippen LogP contribution in [0.25, 0.3) is 0 Å². The monoisotopic (exact) mass is 353 g/mol. The third-order valence-corrected chi connectivity index (χ3v) is 4.99. The number of carbonyl (C=O) groups excluding carboxylic acids is 3. The van der Waals surface area contributed by atoms with Crippen molar-refractivity contribution in [3.8, 4) is 0 Å². The number of anilines is 2. The Hall–Kier alpha value is -3.22. The second-order valence-corrected chi connectivity index (χ2v) is 6.39. The molecule has 6 nitrogen and oxygen atoms in total. The van der Waals surface area contributed by atoms with Crippen LogP contribution in [0.15, 0.2) is 48.5 Å². The highest BCUT2D eigenvalue weighted by molar-refractivity contribution is 6.18. The summed E-state index contributed by atoms with van der Waals surface area (Å²) in [7, 11) is 1.51. The second kappa shape index (κ2) is 5.66. The zero-order valence-electron chi connectivity index (χ0n) is 14.0. The van der Waals surface area contributed by atoms with E-state index in [0.717, 1.165) is 0 Å². The summed E-state index contributed by atoms with van der Waals surface area (Å²) in [6.45, 7) is 0. The zero-order valence-corrected chi connectivity index (χ0v) is 14.0. The van der Waals surface area contributed by atoms with Gasteiger partial charge in [0.25, 0.3) is 11.8 Å². The molecule has 2 aromatic carbocycles. The lowest BCUT2D eigenvalue weighted by atomic mass is 9.96. The minimum absolute atomic E-state index is 0.141. The average Bonchev–Trinajstić information content (AvgIpc) is 2.98. The summed E-state index contributed by atoms with van der Waals surface area (Å²) in [5.41, 5.74) is -0.398. The van der Waals surface area contributed by atoms with Gasteiger partial charge in [0.05, 0.1) is 11.3 Å². The number of hydrogen-bond acceptors (Lipinski definition) is 3. The van der Waals surface area contributed by atoms with E-state index >= 15 is 0 Å². The molecule has 26 heavy (non-hydrogen) atoms. The molecule has 7 heteroatoms. The van der Waals surface area contributed by atoms with Crippen molar-refractivity contribution < 1.29 is 18.8 Å². The summed E-state index contributed by atoms with van der Waals surface area (Å²) >= 11 is 0. The Bertz CT molecular complexity index is 945. The Morgan fingerprint density at radius 2 is 1.92 bits per heavy atom. The largest absolute Gasteiger partial charge is 0.322 e. The Morgan fingerprint density at radius 1 is 1.15 bits per heavy atom. The molecule has 1 N–H and O–H groups in total. The number of benzene rings is 2. The van der Waals surface area contributed by atoms with E-state index in [1.165, 1.54) is 35.0 Å². The van der Waals surface area contributed by atoms with Crippen molar-refractivity contribution in [2.45, 2.75) is 18.5 Å². The number of hydrogen-bond donors (Lipinski definition) is 1. The third kappa shape index (κ3) is 2.13. The summed E-state index contributed by atoms with van der Waals surface area (Å²) in [5.74, 6) is -1.59. The number of fused-ring (bicyclic) bond motifs is 3. The lowest BCUT2D eigenvalue weighted by molar-refractivity contribution is -0.128. The molecule has 0 aromatic heterocycles. The van der Waals surface area contributed by atoms with E-state index in [9.17, 15) is 18.8 Å². The predicted octanol–water partition coefficient (Wildman–Crippen LogP) is 2.37. The molecule has 0 unspecified atom stereocenters. The molecular formula is C19H16FN3O3. The van der Waals surface area contributed by atoms with Crippen LogP contribution in [0.4, 0.5) is 15.8 Å². The third-order valence-electron chi connectivity index (χ3n) is 4.99. The quantitative estimate of drug-likeness (QED) is 0.901. The molecule has 2 aliphatic rings. The highest BCUT2D eigenvalue weighted by Crippen LogP contribution is 2.44. The van der Waals surface area contributed by atoms with E-state index in [-0.39, 0.29) is 30.3 Å². The van der Waals surface area contributed by atoms with Crippen LogP contribution in [0, 0.1) is 5.82 Å². The first-order valence-electron chi connectivity index (χ1n) is 8.22. The number of amides is 3. The molecular weight excluding hydrogens is 337 g/mol. The first kappa shape index (κ1) is 16.3. The number of carbonyl (C=O) groups is 3. The molecule has 0 radical (unpaired) electrons. The van der Waals surface area contributed by atoms with Gasteiger partial charge < -0.3 is 10.2 Å². The summed E-state index contributed by atoms with van der Waals surface area (Å²) in [4.78, 5) is 41.3. The molecule has 2 heterocycles. The number of nitrogens with zero attached hydrogens (tertiary/aromatic N) is 2. The zero-order chi connectivity index (χ0) is 18.5. The molecule has 4 rings (SSSR count). The second-order valence-electron chi connectivity index (χ2n) is 6.39. The van der Waals surface area contributed by atoms with Crippen LogP contribution in [0.3, 0.4) is 0 Å². The van der Waals surface area contributed by atoms with E-state index in [0.29, 0.717) is 11.3 Å². The van der Waals surface area contributed by atoms with Crippen LogP contribution in [0.2, 0.25) is 0 Å². The molecule has 132 valence electrons. The Kier molecular flexibility index (Phi) is 3.54. The summed E-state index contributed by atoms with van der Waals surface area (Å²) < 4.78 is 13.4.